The number of aliphatic imine (C=N–C) groups is 2. The van der Waals surface area contributed by atoms with Crippen molar-refractivity contribution in [2.45, 2.75) is 33.3 Å². The smallest absolute Gasteiger partial charge is 0.344 e. The number of ether oxygens (including phenoxy) is 1. The average molecular weight is 425 g/mol. The van der Waals surface area contributed by atoms with Crippen LogP contribution < -0.4 is 0 Å². The monoisotopic (exact) mass is 424 g/mol. The summed E-state index contributed by atoms with van der Waals surface area (Å²) in [5, 5.41) is 10.5. The highest BCUT2D eigenvalue weighted by Crippen LogP contribution is 2.27. The molecule has 0 bridgehead atoms. The van der Waals surface area contributed by atoms with Crippen molar-refractivity contribution in [1.82, 2.24) is 0 Å². The predicted molar refractivity (Wildman–Crippen MR) is 116 cm³/mol. The van der Waals surface area contributed by atoms with Crippen molar-refractivity contribution < 1.29 is 19.4 Å². The van der Waals surface area contributed by atoms with Gasteiger partial charge in [0.25, 0.3) is 5.91 Å². The molecule has 0 saturated carbocycles. The van der Waals surface area contributed by atoms with Gasteiger partial charge < -0.3 is 9.84 Å². The zero-order valence-electron chi connectivity index (χ0n) is 17.1. The lowest BCUT2D eigenvalue weighted by Crippen LogP contribution is -2.28. The van der Waals surface area contributed by atoms with Crippen LogP contribution in [0.3, 0.4) is 0 Å². The maximum atomic E-state index is 12.7. The van der Waals surface area contributed by atoms with Gasteiger partial charge in [0.15, 0.2) is 5.84 Å². The van der Waals surface area contributed by atoms with E-state index in [9.17, 15) is 14.7 Å². The number of esters is 1. The first-order valence-electron chi connectivity index (χ1n) is 9.28. The number of allylic oxidation sites excluding steroid dienone is 1. The number of hydrogen-bond acceptors (Lipinski definition) is 4. The van der Waals surface area contributed by atoms with E-state index in [2.05, 4.69) is 9.98 Å². The van der Waals surface area contributed by atoms with E-state index in [-0.39, 0.29) is 33.5 Å². The van der Waals surface area contributed by atoms with Crippen molar-refractivity contribution >= 4 is 35.0 Å². The molecule has 0 unspecified atom stereocenters. The Kier molecular flexibility index (Phi) is 5.89. The molecule has 0 fully saturated rings. The molecule has 0 atom stereocenters. The molecule has 1 aliphatic heterocycles. The molecule has 1 heterocycles. The summed E-state index contributed by atoms with van der Waals surface area (Å²) in [5.41, 5.74) is 0.744. The summed E-state index contributed by atoms with van der Waals surface area (Å²) in [5.74, 6) is -1.38. The number of halogens is 1. The van der Waals surface area contributed by atoms with Crippen LogP contribution in [-0.4, -0.2) is 34.1 Å². The number of carbonyl (C=O) groups is 2. The number of nitrogens with zero attached hydrogens (tertiary/aromatic N) is 2. The van der Waals surface area contributed by atoms with Crippen molar-refractivity contribution in [3.05, 3.63) is 81.6 Å². The molecule has 154 valence electrons. The van der Waals surface area contributed by atoms with Crippen LogP contribution >= 0.6 is 11.6 Å². The number of aliphatic hydroxyl groups is 1. The fourth-order valence-corrected chi connectivity index (χ4v) is 3.14. The molecule has 2 aromatic carbocycles. The summed E-state index contributed by atoms with van der Waals surface area (Å²) in [6.07, 6.45) is 0. The Balaban J connectivity index is 2.10. The zero-order chi connectivity index (χ0) is 22.1. The first-order valence-corrected chi connectivity index (χ1v) is 9.66. The summed E-state index contributed by atoms with van der Waals surface area (Å²) in [7, 11) is 0. The van der Waals surface area contributed by atoms with Gasteiger partial charge in [-0.2, -0.15) is 4.99 Å². The fourth-order valence-electron chi connectivity index (χ4n) is 2.92. The molecule has 6 nitrogen and oxygen atoms in total. The molecular weight excluding hydrogens is 404 g/mol. The molecule has 0 aromatic heterocycles. The van der Waals surface area contributed by atoms with E-state index in [0.29, 0.717) is 11.1 Å². The van der Waals surface area contributed by atoms with Crippen molar-refractivity contribution in [3.8, 4) is 0 Å². The molecular formula is C23H21ClN2O4. The number of rotatable bonds is 3. The van der Waals surface area contributed by atoms with E-state index in [1.807, 2.05) is 0 Å². The van der Waals surface area contributed by atoms with E-state index < -0.39 is 17.5 Å². The number of benzene rings is 2. The molecule has 0 spiro atoms. The average Bonchev–Trinajstić information content (AvgIpc) is 2.98. The third kappa shape index (κ3) is 4.49. The normalized spacial score (nSPS) is 15.4. The Hall–Kier alpha value is -3.25. The van der Waals surface area contributed by atoms with Gasteiger partial charge in [-0.05, 0) is 39.8 Å². The van der Waals surface area contributed by atoms with Gasteiger partial charge in [0.1, 0.15) is 16.9 Å². The number of aliphatic hydroxyl groups excluding tert-OH is 1. The van der Waals surface area contributed by atoms with E-state index in [4.69, 9.17) is 16.3 Å². The summed E-state index contributed by atoms with van der Waals surface area (Å²) in [6, 6.07) is 13.6. The van der Waals surface area contributed by atoms with Gasteiger partial charge in [0, 0.05) is 11.1 Å². The Morgan fingerprint density at radius 2 is 1.63 bits per heavy atom. The van der Waals surface area contributed by atoms with Crippen molar-refractivity contribution in [3.63, 3.8) is 0 Å². The summed E-state index contributed by atoms with van der Waals surface area (Å²) in [6.45, 7) is 6.58. The number of amides is 1. The first kappa shape index (κ1) is 21.5. The molecule has 7 heteroatoms. The number of fused-ring (bicyclic) bond motifs is 1. The molecule has 30 heavy (non-hydrogen) atoms. The standard InChI is InChI=1S/C23H21ClN2O4/c1-13(27)18(22(29)30-23(2,3)4)19-14-9-5-6-10-15(14)20(25-19)26-21(28)16-11-7-8-12-17(16)24/h5-12,27H,1-4H3/b18-13+,26-20?. The van der Waals surface area contributed by atoms with Crippen LogP contribution in [0.1, 0.15) is 49.2 Å². The van der Waals surface area contributed by atoms with Crippen LogP contribution in [0.15, 0.2) is 69.8 Å². The van der Waals surface area contributed by atoms with Gasteiger partial charge in [-0.3, -0.25) is 4.79 Å². The summed E-state index contributed by atoms with van der Waals surface area (Å²) >= 11 is 6.10. The summed E-state index contributed by atoms with van der Waals surface area (Å²) < 4.78 is 5.43. The molecule has 1 N–H and O–H groups in total. The SMILES string of the molecule is C/C(O)=C(\C(=O)OC(C)(C)C)C1=NC(=NC(=O)c2ccccc2Cl)c2ccccc21. The highest BCUT2D eigenvalue weighted by Gasteiger charge is 2.32. The molecule has 2 aromatic rings. The fraction of sp³-hybridized carbons (Fsp3) is 0.217. The molecule has 0 saturated heterocycles. The minimum Gasteiger partial charge on any atom is -0.512 e. The highest BCUT2D eigenvalue weighted by atomic mass is 35.5. The third-order valence-electron chi connectivity index (χ3n) is 4.15. The van der Waals surface area contributed by atoms with E-state index in [1.165, 1.54) is 6.92 Å². The largest absolute Gasteiger partial charge is 0.512 e. The van der Waals surface area contributed by atoms with Gasteiger partial charge in [-0.15, -0.1) is 0 Å². The van der Waals surface area contributed by atoms with Crippen molar-refractivity contribution in [2.75, 3.05) is 0 Å². The maximum Gasteiger partial charge on any atom is 0.344 e. The van der Waals surface area contributed by atoms with Crippen LogP contribution in [-0.2, 0) is 9.53 Å². The lowest BCUT2D eigenvalue weighted by molar-refractivity contribution is -0.149. The molecule has 0 radical (unpaired) electrons. The van der Waals surface area contributed by atoms with E-state index >= 15 is 0 Å². The van der Waals surface area contributed by atoms with E-state index in [0.717, 1.165) is 0 Å². The lowest BCUT2D eigenvalue weighted by Gasteiger charge is -2.21. The van der Waals surface area contributed by atoms with Crippen molar-refractivity contribution in [1.29, 1.82) is 0 Å². The van der Waals surface area contributed by atoms with Crippen LogP contribution in [0.5, 0.6) is 0 Å². The number of amidine groups is 1. The quantitative estimate of drug-likeness (QED) is 0.431. The second-order valence-corrected chi connectivity index (χ2v) is 8.10. The summed E-state index contributed by atoms with van der Waals surface area (Å²) in [4.78, 5) is 33.9. The van der Waals surface area contributed by atoms with Crippen LogP contribution in [0, 0.1) is 0 Å². The zero-order valence-corrected chi connectivity index (χ0v) is 17.8. The van der Waals surface area contributed by atoms with Gasteiger partial charge >= 0.3 is 5.97 Å². The maximum absolute atomic E-state index is 12.7. The first-order chi connectivity index (χ1) is 14.1. The lowest BCUT2D eigenvalue weighted by atomic mass is 9.99. The Morgan fingerprint density at radius 1 is 1.03 bits per heavy atom. The Bertz CT molecular complexity index is 1120. The second kappa shape index (κ2) is 8.24. The number of hydrogen-bond donors (Lipinski definition) is 1. The Labute approximate surface area is 179 Å². The minimum absolute atomic E-state index is 0.0761. The molecule has 1 amide bonds. The molecule has 1 aliphatic rings. The van der Waals surface area contributed by atoms with Gasteiger partial charge in [0.2, 0.25) is 0 Å². The topological polar surface area (TPSA) is 88.3 Å². The third-order valence-corrected chi connectivity index (χ3v) is 4.48. The van der Waals surface area contributed by atoms with Crippen LogP contribution in [0.4, 0.5) is 0 Å². The number of carbonyl (C=O) groups excluding carboxylic acids is 2. The Morgan fingerprint density at radius 3 is 2.23 bits per heavy atom. The van der Waals surface area contributed by atoms with Gasteiger partial charge in [-0.1, -0.05) is 48.0 Å². The van der Waals surface area contributed by atoms with Crippen LogP contribution in [0.25, 0.3) is 0 Å². The molecule has 3 rings (SSSR count). The van der Waals surface area contributed by atoms with E-state index in [1.54, 1.807) is 69.3 Å². The minimum atomic E-state index is -0.757. The highest BCUT2D eigenvalue weighted by molar-refractivity contribution is 6.37. The second-order valence-electron chi connectivity index (χ2n) is 7.69. The predicted octanol–water partition coefficient (Wildman–Crippen LogP) is 4.90. The van der Waals surface area contributed by atoms with Gasteiger partial charge in [-0.25, -0.2) is 9.79 Å². The van der Waals surface area contributed by atoms with Gasteiger partial charge in [0.05, 0.1) is 16.3 Å². The van der Waals surface area contributed by atoms with Crippen LogP contribution in [0.2, 0.25) is 5.02 Å². The van der Waals surface area contributed by atoms with Crippen molar-refractivity contribution in [2.24, 2.45) is 9.98 Å². The molecule has 0 aliphatic carbocycles.